The molecule has 0 radical (unpaired) electrons. The van der Waals surface area contributed by atoms with Crippen molar-refractivity contribution in [3.05, 3.63) is 141 Å². The highest BCUT2D eigenvalue weighted by molar-refractivity contribution is 6.02. The normalized spacial score (nSPS) is 19.1. The molecule has 6 heterocycles. The maximum atomic E-state index is 13.8. The predicted octanol–water partition coefficient (Wildman–Crippen LogP) is 13.2. The summed E-state index contributed by atoms with van der Waals surface area (Å²) in [5, 5.41) is 8.11. The van der Waals surface area contributed by atoms with E-state index >= 15 is 0 Å². The molecular weight excluding hydrogens is 1560 g/mol. The van der Waals surface area contributed by atoms with Crippen molar-refractivity contribution in [3.8, 4) is 44.8 Å². The Bertz CT molecular complexity index is 4690. The Kier molecular flexibility index (Phi) is 28.2. The number of amides is 7. The summed E-state index contributed by atoms with van der Waals surface area (Å²) in [4.78, 5) is 167. The number of aromatic amines is 2. The second-order valence-electron chi connectivity index (χ2n) is 34.9. The highest BCUT2D eigenvalue weighted by Crippen LogP contribution is 2.47. The first-order chi connectivity index (χ1) is 58.6. The van der Waals surface area contributed by atoms with Crippen LogP contribution in [0.2, 0.25) is 0 Å². The van der Waals surface area contributed by atoms with Crippen molar-refractivity contribution in [1.29, 1.82) is 0 Å². The molecule has 4 aromatic carbocycles. The van der Waals surface area contributed by atoms with Crippen LogP contribution >= 0.6 is 0 Å². The van der Waals surface area contributed by atoms with Crippen molar-refractivity contribution >= 4 is 65.4 Å². The number of nitrogens with one attached hydrogen (secondary N) is 5. The van der Waals surface area contributed by atoms with Gasteiger partial charge in [-0.3, -0.25) is 33.6 Å². The molecule has 6 aromatic rings. The summed E-state index contributed by atoms with van der Waals surface area (Å²) >= 11 is 0. The maximum absolute atomic E-state index is 13.8. The molecule has 0 saturated carbocycles. The molecule has 14 rings (SSSR count). The number of imidazole rings is 2. The van der Waals surface area contributed by atoms with Crippen molar-refractivity contribution in [2.24, 2.45) is 29.6 Å². The van der Waals surface area contributed by atoms with Gasteiger partial charge in [-0.15, -0.1) is 0 Å². The number of alkyl carbamates (subject to hydrolysis) is 3. The number of fused-ring (bicyclic) bond motifs is 4. The molecule has 28 nitrogen and oxygen atoms in total. The lowest BCUT2D eigenvalue weighted by atomic mass is 9.87. The van der Waals surface area contributed by atoms with Gasteiger partial charge in [-0.2, -0.15) is 0 Å². The molecule has 652 valence electrons. The van der Waals surface area contributed by atoms with Gasteiger partial charge in [0.05, 0.1) is 82.7 Å². The van der Waals surface area contributed by atoms with Crippen LogP contribution in [0.4, 0.5) is 14.4 Å². The Morgan fingerprint density at radius 3 is 1.13 bits per heavy atom. The van der Waals surface area contributed by atoms with Crippen LogP contribution in [0.25, 0.3) is 44.8 Å². The number of hydrogen-bond acceptors (Lipinski definition) is 19. The molecule has 4 aliphatic carbocycles. The molecule has 7 amide bonds. The first kappa shape index (κ1) is 88.6. The third-order valence-electron chi connectivity index (χ3n) is 26.2. The number of rotatable bonds is 28. The minimum atomic E-state index is -0.821. The summed E-state index contributed by atoms with van der Waals surface area (Å²) in [5.41, 5.74) is 19.7. The van der Waals surface area contributed by atoms with Gasteiger partial charge in [0.15, 0.2) is 19.0 Å². The molecule has 0 spiro atoms. The third kappa shape index (κ3) is 18.6. The zero-order valence-corrected chi connectivity index (χ0v) is 72.6. The molecule has 4 aliphatic heterocycles. The fraction of sp³-hybridized carbons (Fsp3) is 0.543. The van der Waals surface area contributed by atoms with Crippen molar-refractivity contribution in [1.82, 2.24) is 55.5 Å². The molecule has 2 aromatic heterocycles. The van der Waals surface area contributed by atoms with E-state index in [-0.39, 0.29) is 84.0 Å². The predicted molar refractivity (Wildman–Crippen MR) is 456 cm³/mol. The van der Waals surface area contributed by atoms with E-state index in [2.05, 4.69) is 56.8 Å². The van der Waals surface area contributed by atoms with Crippen LogP contribution in [0, 0.1) is 29.6 Å². The Hall–Kier alpha value is -11.2. The number of benzene rings is 4. The largest absolute Gasteiger partial charge is 0.488 e. The van der Waals surface area contributed by atoms with Gasteiger partial charge >= 0.3 is 30.2 Å². The van der Waals surface area contributed by atoms with Gasteiger partial charge in [-0.1, -0.05) is 110 Å². The van der Waals surface area contributed by atoms with Crippen molar-refractivity contribution in [2.75, 3.05) is 67.8 Å². The summed E-state index contributed by atoms with van der Waals surface area (Å²) in [5.74, 6) is -1.66. The van der Waals surface area contributed by atoms with Gasteiger partial charge < -0.3 is 73.9 Å². The molecule has 8 atom stereocenters. The summed E-state index contributed by atoms with van der Waals surface area (Å²) in [7, 11) is 5.14. The van der Waals surface area contributed by atoms with Crippen LogP contribution < -0.4 is 16.0 Å². The number of carbonyl (C=O) groups excluding carboxylic acids is 11. The molecule has 0 bridgehead atoms. The molecule has 8 aliphatic rings. The Morgan fingerprint density at radius 2 is 0.738 bits per heavy atom. The highest BCUT2D eigenvalue weighted by Gasteiger charge is 2.44. The number of ketones is 2. The minimum absolute atomic E-state index is 0.0766. The lowest BCUT2D eigenvalue weighted by molar-refractivity contribution is -0.155. The SMILES string of the molecule is C=C(OCC(=O)c1ccc(-c2ccc(C(=O)COC(=O)[C@@H]3CCCN3C(=O)[C@@H](CC(=O)OC)C(C)C)c3c2CCC3)c2c1CCC2)[C@@H]1CCCN1C(=O)[C@@H](NC(=O)OC)C(C)C.COC(=O)N[C@H](C(=O)N1CCC[C@H]1c1ncc(-c2ccc(-c3ccc(-c4cnc([C@@H]5CCCN5C(=O)[C@@H](NC(=O)OC)C(C)C)[nH]4)c4c3CCC4)c3c2CCC3)[nH]1)C(C)C. The van der Waals surface area contributed by atoms with E-state index in [1.807, 2.05) is 102 Å². The molecule has 4 fully saturated rings. The molecule has 122 heavy (non-hydrogen) atoms. The van der Waals surface area contributed by atoms with E-state index < -0.39 is 73.0 Å². The summed E-state index contributed by atoms with van der Waals surface area (Å²) in [6.07, 6.45) is 18.6. The lowest BCUT2D eigenvalue weighted by Crippen LogP contribution is -2.52. The quantitative estimate of drug-likeness (QED) is 0.0132. The van der Waals surface area contributed by atoms with Crippen LogP contribution in [0.5, 0.6) is 0 Å². The maximum Gasteiger partial charge on any atom is 0.407 e. The van der Waals surface area contributed by atoms with Gasteiger partial charge in [0.2, 0.25) is 29.4 Å². The summed E-state index contributed by atoms with van der Waals surface area (Å²) in [6.45, 7) is 20.6. The number of likely N-dealkylation sites (tertiary alicyclic amines) is 4. The topological polar surface area (TPSA) is 350 Å². The van der Waals surface area contributed by atoms with E-state index in [1.165, 1.54) is 66.7 Å². The minimum Gasteiger partial charge on any atom is -0.488 e. The Morgan fingerprint density at radius 1 is 0.402 bits per heavy atom. The second kappa shape index (κ2) is 38.9. The van der Waals surface area contributed by atoms with E-state index in [9.17, 15) is 52.7 Å². The van der Waals surface area contributed by atoms with Crippen LogP contribution in [-0.4, -0.2) is 203 Å². The number of aromatic nitrogens is 4. The lowest BCUT2D eigenvalue weighted by Gasteiger charge is -2.31. The smallest absolute Gasteiger partial charge is 0.407 e. The van der Waals surface area contributed by atoms with Gasteiger partial charge in [0, 0.05) is 48.4 Å². The molecule has 0 unspecified atom stereocenters. The number of carbonyl (C=O) groups is 11. The van der Waals surface area contributed by atoms with Crippen molar-refractivity contribution in [3.63, 3.8) is 0 Å². The number of nitrogens with zero attached hydrogens (tertiary/aromatic N) is 6. The van der Waals surface area contributed by atoms with Crippen LogP contribution in [0.3, 0.4) is 0 Å². The third-order valence-corrected chi connectivity index (χ3v) is 26.2. The van der Waals surface area contributed by atoms with Crippen molar-refractivity contribution in [2.45, 2.75) is 233 Å². The monoisotopic (exact) mass is 1670 g/mol. The van der Waals surface area contributed by atoms with Crippen LogP contribution in [0.15, 0.2) is 73.3 Å². The highest BCUT2D eigenvalue weighted by atomic mass is 16.6. The first-order valence-corrected chi connectivity index (χ1v) is 43.7. The van der Waals surface area contributed by atoms with Crippen LogP contribution in [0.1, 0.15) is 228 Å². The van der Waals surface area contributed by atoms with Gasteiger partial charge in [-0.25, -0.2) is 29.1 Å². The first-order valence-electron chi connectivity index (χ1n) is 43.7. The fourth-order valence-electron chi connectivity index (χ4n) is 19.8. The van der Waals surface area contributed by atoms with E-state index in [0.29, 0.717) is 68.7 Å². The zero-order chi connectivity index (χ0) is 87.1. The van der Waals surface area contributed by atoms with E-state index in [1.54, 1.807) is 4.90 Å². The number of ether oxygens (including phenoxy) is 6. The molecule has 4 saturated heterocycles. The molecular formula is C94H119N11O17. The van der Waals surface area contributed by atoms with Crippen LogP contribution in [-0.2, 0) is 109 Å². The second-order valence-corrected chi connectivity index (χ2v) is 34.9. The van der Waals surface area contributed by atoms with Crippen molar-refractivity contribution < 1.29 is 81.2 Å². The van der Waals surface area contributed by atoms with Gasteiger partial charge in [0.25, 0.3) is 0 Å². The Labute approximate surface area is 713 Å². The molecule has 28 heteroatoms. The van der Waals surface area contributed by atoms with Gasteiger partial charge in [-0.05, 0) is 219 Å². The number of hydrogen-bond donors (Lipinski definition) is 5. The Balaban J connectivity index is 0.000000210. The summed E-state index contributed by atoms with van der Waals surface area (Å²) in [6, 6.07) is 12.9. The van der Waals surface area contributed by atoms with Gasteiger partial charge in [0.1, 0.15) is 41.6 Å². The van der Waals surface area contributed by atoms with E-state index in [4.69, 9.17) is 38.4 Å². The number of Topliss-reactive ketones (excluding diaryl/α,β-unsaturated/α-hetero) is 2. The zero-order valence-electron chi connectivity index (χ0n) is 72.6. The number of H-pyrrole nitrogens is 2. The standard InChI is InChI=1S/C48H61N3O11.C46H58N8O6/c1-27(2)38(24-43(54)59-6)45(55)51-23-11-17-40(51)47(57)62-26-42(53)37-21-19-35(31-13-9-15-33(31)37)34-18-20-36(32-14-8-12-30(32)34)41(52)25-61-29(5)39-16-10-22-50(39)46(56)44(28(3)4)49-48(58)60-7;1-25(2)39(51-45(57)59-5)43(55)53-21-9-15-37(53)41-47-23-35(49-41)33-19-17-31(27-11-7-13-29(27)33)32-18-20-34(30-14-8-12-28(30)32)36-24-48-42(50-36)38-16-10-22-54(38)44(56)40(26(3)4)52-46(58)60-6/h18-21,27-28,38-40,44H,5,8-17,22-26H2,1-4,6-7H3,(H,49,58);17-20,23-26,37-40H,7-16,21-22H2,1-6H3,(H,47,49)(H,48,50)(H,51,57)(H,52,58)/t38-,39-,40-,44-;37-,38-,39-,40-/m00/s1. The average molecular weight is 1680 g/mol. The molecule has 5 N–H and O–H groups in total. The average Bonchev–Trinajstić information content (AvgIpc) is 1.56. The number of esters is 2. The number of methoxy groups -OCH3 is 4. The fourth-order valence-corrected chi connectivity index (χ4v) is 19.8. The summed E-state index contributed by atoms with van der Waals surface area (Å²) < 4.78 is 30.7. The van der Waals surface area contributed by atoms with E-state index in [0.717, 1.165) is 170 Å².